The molecule has 3 rings (SSSR count). The second kappa shape index (κ2) is 3.93. The van der Waals surface area contributed by atoms with Crippen LogP contribution < -0.4 is 0 Å². The van der Waals surface area contributed by atoms with Crippen LogP contribution in [0.5, 0.6) is 5.75 Å². The Labute approximate surface area is 95.6 Å². The molecule has 0 amide bonds. The van der Waals surface area contributed by atoms with Crippen molar-refractivity contribution in [3.63, 3.8) is 0 Å². The van der Waals surface area contributed by atoms with E-state index in [9.17, 15) is 8.78 Å². The maximum absolute atomic E-state index is 13.4. The molecule has 0 spiro atoms. The Kier molecular flexibility index (Phi) is 2.59. The van der Waals surface area contributed by atoms with Crippen LogP contribution in [0.2, 0.25) is 0 Å². The van der Waals surface area contributed by atoms with Crippen LogP contribution in [0.25, 0.3) is 22.3 Å². The van der Waals surface area contributed by atoms with Crippen molar-refractivity contribution in [1.29, 1.82) is 11.1 Å². The Morgan fingerprint density at radius 1 is 0.824 bits per heavy atom. The Hall–Kier alpha value is -2.30. The highest BCUT2D eigenvalue weighted by molar-refractivity contribution is 6.07. The lowest BCUT2D eigenvalue weighted by Gasteiger charge is -2.00. The van der Waals surface area contributed by atoms with Crippen LogP contribution in [0.4, 0.5) is 8.78 Å². The minimum absolute atomic E-state index is 0.218. The van der Waals surface area contributed by atoms with Crippen LogP contribution in [-0.4, -0.2) is 5.11 Å². The van der Waals surface area contributed by atoms with Crippen molar-refractivity contribution < 1.29 is 13.9 Å². The molecule has 2 aliphatic rings. The van der Waals surface area contributed by atoms with Gasteiger partial charge < -0.3 is 5.11 Å². The Morgan fingerprint density at radius 2 is 1.41 bits per heavy atom. The Bertz CT molecular complexity index is 579. The molecular formula is C12H8F2N2O. The summed E-state index contributed by atoms with van der Waals surface area (Å²) in [4.78, 5) is 0. The molecule has 0 fully saturated rings. The molecule has 3 N–H and O–H groups in total. The zero-order chi connectivity index (χ0) is 12.6. The van der Waals surface area contributed by atoms with Crippen LogP contribution in [0, 0.1) is 22.7 Å². The van der Waals surface area contributed by atoms with Gasteiger partial charge >= 0.3 is 0 Å². The van der Waals surface area contributed by atoms with Crippen molar-refractivity contribution >= 4 is 0 Å². The molecule has 1 aromatic carbocycles. The van der Waals surface area contributed by atoms with Gasteiger partial charge in [0.2, 0.25) is 5.82 Å². The molecule has 0 aromatic heterocycles. The normalized spacial score (nSPS) is 10.5. The predicted octanol–water partition coefficient (Wildman–Crippen LogP) is 3.91. The molecule has 0 heterocycles. The summed E-state index contributed by atoms with van der Waals surface area (Å²) in [7, 11) is 0. The number of rotatable bonds is 1. The molecule has 0 atom stereocenters. The average molecular weight is 234 g/mol. The van der Waals surface area contributed by atoms with Gasteiger partial charge in [0.05, 0.1) is 0 Å². The quantitative estimate of drug-likeness (QED) is 0.549. The number of phenolic OH excluding ortho intramolecular Hbond substituents is 1. The smallest absolute Gasteiger partial charge is 0.200 e. The second-order valence-corrected chi connectivity index (χ2v) is 3.49. The second-order valence-electron chi connectivity index (χ2n) is 3.49. The zero-order valence-electron chi connectivity index (χ0n) is 8.59. The Morgan fingerprint density at radius 3 is 2.00 bits per heavy atom. The molecule has 0 aliphatic heterocycles. The predicted molar refractivity (Wildman–Crippen MR) is 57.9 cm³/mol. The van der Waals surface area contributed by atoms with Gasteiger partial charge in [0.1, 0.15) is 0 Å². The lowest BCUT2D eigenvalue weighted by molar-refractivity contribution is 0.408. The fraction of sp³-hybridized carbons (Fsp3) is 0. The van der Waals surface area contributed by atoms with E-state index < -0.39 is 17.4 Å². The van der Waals surface area contributed by atoms with Gasteiger partial charge in [-0.05, 0) is 23.3 Å². The number of benzene rings is 2. The third kappa shape index (κ3) is 1.56. The van der Waals surface area contributed by atoms with Crippen LogP contribution in [0.15, 0.2) is 30.3 Å². The highest BCUT2D eigenvalue weighted by Gasteiger charge is 2.28. The van der Waals surface area contributed by atoms with Gasteiger partial charge in [-0.1, -0.05) is 18.2 Å². The molecular weight excluding hydrogens is 226 g/mol. The van der Waals surface area contributed by atoms with Gasteiger partial charge in [-0.2, -0.15) is 4.39 Å². The minimum Gasteiger partial charge on any atom is -0.505 e. The minimum atomic E-state index is -1.19. The SMILES string of the molecule is N=N.Oc1ccc(-c2c3cccc2-3)c(F)c1F. The van der Waals surface area contributed by atoms with Gasteiger partial charge in [0, 0.05) is 11.1 Å². The summed E-state index contributed by atoms with van der Waals surface area (Å²) in [5.74, 6) is -2.83. The van der Waals surface area contributed by atoms with Crippen LogP contribution in [0.1, 0.15) is 0 Å². The first-order valence-electron chi connectivity index (χ1n) is 4.76. The molecule has 0 saturated carbocycles. The number of hydrogen-bond acceptors (Lipinski definition) is 3. The van der Waals surface area contributed by atoms with Crippen molar-refractivity contribution in [3.05, 3.63) is 42.0 Å². The van der Waals surface area contributed by atoms with Gasteiger partial charge in [-0.15, -0.1) is 0 Å². The summed E-state index contributed by atoms with van der Waals surface area (Å²) in [6.07, 6.45) is 0. The monoisotopic (exact) mass is 234 g/mol. The first-order valence-corrected chi connectivity index (χ1v) is 4.76. The number of halogens is 2. The summed E-state index contributed by atoms with van der Waals surface area (Å²) >= 11 is 0. The van der Waals surface area contributed by atoms with Crippen molar-refractivity contribution in [2.45, 2.75) is 0 Å². The van der Waals surface area contributed by atoms with E-state index >= 15 is 0 Å². The summed E-state index contributed by atoms with van der Waals surface area (Å²) in [6.45, 7) is 0. The van der Waals surface area contributed by atoms with Gasteiger partial charge in [-0.3, -0.25) is 0 Å². The van der Waals surface area contributed by atoms with Crippen LogP contribution >= 0.6 is 0 Å². The molecule has 2 aliphatic carbocycles. The van der Waals surface area contributed by atoms with Crippen molar-refractivity contribution in [2.24, 2.45) is 0 Å². The van der Waals surface area contributed by atoms with E-state index in [4.69, 9.17) is 16.2 Å². The standard InChI is InChI=1S/C12H6F2O.H2N2/c13-11-8(4-5-9(15)12(11)14)10-6-2-1-3-7(6)10;1-2/h1-5,15H;1-2H. The van der Waals surface area contributed by atoms with Gasteiger partial charge in [-0.25, -0.2) is 15.5 Å². The number of aromatic hydroxyl groups is 1. The van der Waals surface area contributed by atoms with E-state index in [-0.39, 0.29) is 5.56 Å². The molecule has 5 heteroatoms. The molecule has 86 valence electrons. The molecule has 1 aromatic rings. The van der Waals surface area contributed by atoms with E-state index in [1.54, 1.807) is 0 Å². The lowest BCUT2D eigenvalue weighted by Crippen LogP contribution is -1.87. The molecule has 0 radical (unpaired) electrons. The number of fused-ring (bicyclic) bond motifs is 1. The topological polar surface area (TPSA) is 67.9 Å². The van der Waals surface area contributed by atoms with E-state index in [2.05, 4.69) is 0 Å². The van der Waals surface area contributed by atoms with E-state index in [1.807, 2.05) is 18.2 Å². The van der Waals surface area contributed by atoms with Crippen molar-refractivity contribution in [2.75, 3.05) is 0 Å². The summed E-state index contributed by atoms with van der Waals surface area (Å²) in [5, 5.41) is 8.97. The van der Waals surface area contributed by atoms with Gasteiger partial charge in [0.15, 0.2) is 11.6 Å². The maximum Gasteiger partial charge on any atom is 0.200 e. The summed E-state index contributed by atoms with van der Waals surface area (Å²) < 4.78 is 26.5. The molecule has 3 nitrogen and oxygen atoms in total. The van der Waals surface area contributed by atoms with Crippen LogP contribution in [-0.2, 0) is 0 Å². The van der Waals surface area contributed by atoms with E-state index in [1.165, 1.54) is 12.1 Å². The Balaban J connectivity index is 0.000000514. The highest BCUT2D eigenvalue weighted by atomic mass is 19.2. The number of hydrogen-bond donors (Lipinski definition) is 3. The van der Waals surface area contributed by atoms with Crippen molar-refractivity contribution in [1.82, 2.24) is 0 Å². The molecule has 0 saturated heterocycles. The molecule has 0 bridgehead atoms. The van der Waals surface area contributed by atoms with Crippen molar-refractivity contribution in [3.8, 4) is 28.0 Å². The summed E-state index contributed by atoms with van der Waals surface area (Å²) in [6, 6.07) is 8.13. The fourth-order valence-corrected chi connectivity index (χ4v) is 1.83. The number of nitrogens with one attached hydrogen (secondary N) is 2. The summed E-state index contributed by atoms with van der Waals surface area (Å²) in [5.41, 5.74) is 12.9. The third-order valence-corrected chi connectivity index (χ3v) is 2.62. The average Bonchev–Trinajstić information content (AvgIpc) is 2.83. The number of phenols is 1. The van der Waals surface area contributed by atoms with Gasteiger partial charge in [0.25, 0.3) is 0 Å². The third-order valence-electron chi connectivity index (χ3n) is 2.62. The largest absolute Gasteiger partial charge is 0.505 e. The zero-order valence-corrected chi connectivity index (χ0v) is 8.59. The maximum atomic E-state index is 13.4. The van der Waals surface area contributed by atoms with Crippen LogP contribution in [0.3, 0.4) is 0 Å². The van der Waals surface area contributed by atoms with E-state index in [0.717, 1.165) is 16.7 Å². The highest BCUT2D eigenvalue weighted by Crippen LogP contribution is 2.52. The first kappa shape index (κ1) is 11.2. The fourth-order valence-electron chi connectivity index (χ4n) is 1.83. The molecule has 0 unspecified atom stereocenters. The molecule has 17 heavy (non-hydrogen) atoms. The first-order chi connectivity index (χ1) is 8.20. The van der Waals surface area contributed by atoms with E-state index in [0.29, 0.717) is 0 Å². The lowest BCUT2D eigenvalue weighted by atomic mass is 10.1.